The number of anilines is 1. The molecular formula is C22H33N3O2. The number of hydrogen-bond donors (Lipinski definition) is 1. The Kier molecular flexibility index (Phi) is 6.53. The first-order valence-corrected chi connectivity index (χ1v) is 10.3. The predicted octanol–water partition coefficient (Wildman–Crippen LogP) is 3.01. The fourth-order valence-electron chi connectivity index (χ4n) is 4.39. The zero-order valence-electron chi connectivity index (χ0n) is 16.9. The van der Waals surface area contributed by atoms with E-state index in [0.717, 1.165) is 30.5 Å². The maximum Gasteiger partial charge on any atom is 0.229 e. The van der Waals surface area contributed by atoms with Gasteiger partial charge in [-0.2, -0.15) is 0 Å². The zero-order chi connectivity index (χ0) is 19.4. The first kappa shape index (κ1) is 19.9. The number of amides is 2. The van der Waals surface area contributed by atoms with Crippen molar-refractivity contribution < 1.29 is 9.59 Å². The van der Waals surface area contributed by atoms with Gasteiger partial charge in [-0.15, -0.1) is 0 Å². The van der Waals surface area contributed by atoms with Gasteiger partial charge in [0.1, 0.15) is 0 Å². The summed E-state index contributed by atoms with van der Waals surface area (Å²) in [5.74, 6) is 1.33. The minimum atomic E-state index is -0.238. The highest BCUT2D eigenvalue weighted by molar-refractivity contribution is 5.97. The Morgan fingerprint density at radius 2 is 1.96 bits per heavy atom. The van der Waals surface area contributed by atoms with Crippen LogP contribution in [0.5, 0.6) is 0 Å². The Morgan fingerprint density at radius 3 is 2.56 bits per heavy atom. The lowest BCUT2D eigenvalue weighted by molar-refractivity contribution is -0.127. The van der Waals surface area contributed by atoms with Crippen molar-refractivity contribution in [2.75, 3.05) is 38.5 Å². The van der Waals surface area contributed by atoms with E-state index in [9.17, 15) is 9.59 Å². The molecule has 1 aromatic carbocycles. The van der Waals surface area contributed by atoms with Gasteiger partial charge in [-0.25, -0.2) is 0 Å². The monoisotopic (exact) mass is 371 g/mol. The van der Waals surface area contributed by atoms with E-state index in [1.807, 2.05) is 12.1 Å². The van der Waals surface area contributed by atoms with E-state index in [-0.39, 0.29) is 17.7 Å². The quantitative estimate of drug-likeness (QED) is 0.836. The SMILES string of the molecule is CCN1CC[C@H](CCc2ccc(NC(=O)[C@H]3CC(=O)N(C)C3)cc2)[C@H](C)C1. The number of nitrogens with zero attached hydrogens (tertiary/aromatic N) is 2. The highest BCUT2D eigenvalue weighted by atomic mass is 16.2. The molecule has 1 N–H and O–H groups in total. The molecule has 5 nitrogen and oxygen atoms in total. The molecule has 0 saturated carbocycles. The topological polar surface area (TPSA) is 52.7 Å². The maximum absolute atomic E-state index is 12.3. The van der Waals surface area contributed by atoms with Gasteiger partial charge in [-0.3, -0.25) is 9.59 Å². The molecule has 0 spiro atoms. The Labute approximate surface area is 163 Å². The number of rotatable bonds is 6. The molecular weight excluding hydrogens is 338 g/mol. The van der Waals surface area contributed by atoms with E-state index in [0.29, 0.717) is 13.0 Å². The van der Waals surface area contributed by atoms with Crippen LogP contribution in [0.25, 0.3) is 0 Å². The average Bonchev–Trinajstić information content (AvgIpc) is 3.01. The number of carbonyl (C=O) groups is 2. The van der Waals surface area contributed by atoms with Crippen molar-refractivity contribution in [1.82, 2.24) is 9.80 Å². The molecule has 148 valence electrons. The van der Waals surface area contributed by atoms with Crippen molar-refractivity contribution in [2.24, 2.45) is 17.8 Å². The van der Waals surface area contributed by atoms with Crippen molar-refractivity contribution in [2.45, 2.75) is 39.5 Å². The fraction of sp³-hybridized carbons (Fsp3) is 0.636. The highest BCUT2D eigenvalue weighted by Crippen LogP contribution is 2.27. The third kappa shape index (κ3) is 5.10. The molecule has 2 aliphatic rings. The number of likely N-dealkylation sites (tertiary alicyclic amines) is 2. The van der Waals surface area contributed by atoms with Gasteiger partial charge in [-0.1, -0.05) is 26.0 Å². The summed E-state index contributed by atoms with van der Waals surface area (Å²) in [6, 6.07) is 8.20. The van der Waals surface area contributed by atoms with Gasteiger partial charge in [0, 0.05) is 32.2 Å². The van der Waals surface area contributed by atoms with Crippen LogP contribution in [0.1, 0.15) is 38.7 Å². The summed E-state index contributed by atoms with van der Waals surface area (Å²) < 4.78 is 0. The summed E-state index contributed by atoms with van der Waals surface area (Å²) in [5.41, 5.74) is 2.14. The molecule has 3 rings (SSSR count). The summed E-state index contributed by atoms with van der Waals surface area (Å²) in [6.07, 6.45) is 3.95. The lowest BCUT2D eigenvalue weighted by Gasteiger charge is -2.36. The Balaban J connectivity index is 1.46. The summed E-state index contributed by atoms with van der Waals surface area (Å²) in [7, 11) is 1.75. The Hall–Kier alpha value is -1.88. The normalized spacial score (nSPS) is 26.4. The van der Waals surface area contributed by atoms with Crippen LogP contribution in [0, 0.1) is 17.8 Å². The molecule has 0 bridgehead atoms. The molecule has 1 aromatic rings. The lowest BCUT2D eigenvalue weighted by atomic mass is 9.83. The Bertz CT molecular complexity index is 658. The Morgan fingerprint density at radius 1 is 1.22 bits per heavy atom. The minimum Gasteiger partial charge on any atom is -0.345 e. The van der Waals surface area contributed by atoms with Crippen molar-refractivity contribution >= 4 is 17.5 Å². The molecule has 0 aliphatic carbocycles. The first-order valence-electron chi connectivity index (χ1n) is 10.3. The largest absolute Gasteiger partial charge is 0.345 e. The van der Waals surface area contributed by atoms with E-state index < -0.39 is 0 Å². The summed E-state index contributed by atoms with van der Waals surface area (Å²) in [6.45, 7) is 8.76. The van der Waals surface area contributed by atoms with Gasteiger partial charge in [0.05, 0.1) is 5.92 Å². The zero-order valence-corrected chi connectivity index (χ0v) is 16.9. The molecule has 0 radical (unpaired) electrons. The van der Waals surface area contributed by atoms with Gasteiger partial charge in [-0.05, 0) is 61.9 Å². The van der Waals surface area contributed by atoms with Crippen LogP contribution in [0.2, 0.25) is 0 Å². The van der Waals surface area contributed by atoms with Crippen LogP contribution in [-0.2, 0) is 16.0 Å². The lowest BCUT2D eigenvalue weighted by Crippen LogP contribution is -2.39. The number of nitrogens with one attached hydrogen (secondary N) is 1. The van der Waals surface area contributed by atoms with Gasteiger partial charge in [0.25, 0.3) is 0 Å². The van der Waals surface area contributed by atoms with Crippen molar-refractivity contribution in [3.63, 3.8) is 0 Å². The third-order valence-corrected chi connectivity index (χ3v) is 6.35. The van der Waals surface area contributed by atoms with E-state index in [2.05, 4.69) is 36.2 Å². The summed E-state index contributed by atoms with van der Waals surface area (Å²) >= 11 is 0. The standard InChI is InChI=1S/C22H33N3O2/c1-4-25-12-11-18(16(2)14-25)8-5-17-6-9-20(10-7-17)23-22(27)19-13-21(26)24(3)15-19/h6-7,9-10,16,18-19H,4-5,8,11-15H2,1-3H3,(H,23,27)/t16-,18+,19+/m1/s1. The molecule has 2 fully saturated rings. The van der Waals surface area contributed by atoms with Crippen LogP contribution in [-0.4, -0.2) is 54.8 Å². The fourth-order valence-corrected chi connectivity index (χ4v) is 4.39. The van der Waals surface area contributed by atoms with Crippen LogP contribution in [0.15, 0.2) is 24.3 Å². The van der Waals surface area contributed by atoms with Gasteiger partial charge in [0.2, 0.25) is 11.8 Å². The smallest absolute Gasteiger partial charge is 0.229 e. The van der Waals surface area contributed by atoms with Crippen molar-refractivity contribution in [1.29, 1.82) is 0 Å². The molecule has 0 aromatic heterocycles. The number of aryl methyl sites for hydroxylation is 1. The van der Waals surface area contributed by atoms with E-state index >= 15 is 0 Å². The van der Waals surface area contributed by atoms with Crippen molar-refractivity contribution in [3.8, 4) is 0 Å². The molecule has 2 aliphatic heterocycles. The number of hydrogen-bond acceptors (Lipinski definition) is 3. The van der Waals surface area contributed by atoms with Crippen LogP contribution < -0.4 is 5.32 Å². The van der Waals surface area contributed by atoms with Crippen LogP contribution in [0.3, 0.4) is 0 Å². The second-order valence-electron chi connectivity index (χ2n) is 8.32. The molecule has 3 atom stereocenters. The minimum absolute atomic E-state index is 0.0458. The molecule has 5 heteroatoms. The second kappa shape index (κ2) is 8.87. The third-order valence-electron chi connectivity index (χ3n) is 6.35. The van der Waals surface area contributed by atoms with E-state index in [4.69, 9.17) is 0 Å². The number of piperidine rings is 1. The number of carbonyl (C=O) groups excluding carboxylic acids is 2. The molecule has 2 amide bonds. The van der Waals surface area contributed by atoms with Crippen LogP contribution in [0.4, 0.5) is 5.69 Å². The van der Waals surface area contributed by atoms with Crippen LogP contribution >= 0.6 is 0 Å². The molecule has 0 unspecified atom stereocenters. The molecule has 2 saturated heterocycles. The first-order chi connectivity index (χ1) is 13.0. The molecule has 27 heavy (non-hydrogen) atoms. The second-order valence-corrected chi connectivity index (χ2v) is 8.32. The van der Waals surface area contributed by atoms with Gasteiger partial charge >= 0.3 is 0 Å². The highest BCUT2D eigenvalue weighted by Gasteiger charge is 2.32. The maximum atomic E-state index is 12.3. The van der Waals surface area contributed by atoms with Crippen molar-refractivity contribution in [3.05, 3.63) is 29.8 Å². The average molecular weight is 372 g/mol. The van der Waals surface area contributed by atoms with Gasteiger partial charge in [0.15, 0.2) is 0 Å². The summed E-state index contributed by atoms with van der Waals surface area (Å²) in [5, 5.41) is 2.95. The number of benzene rings is 1. The summed E-state index contributed by atoms with van der Waals surface area (Å²) in [4.78, 5) is 28.1. The predicted molar refractivity (Wildman–Crippen MR) is 109 cm³/mol. The van der Waals surface area contributed by atoms with E-state index in [1.165, 1.54) is 31.5 Å². The van der Waals surface area contributed by atoms with E-state index in [1.54, 1.807) is 11.9 Å². The van der Waals surface area contributed by atoms with Gasteiger partial charge < -0.3 is 15.1 Å². The molecule has 2 heterocycles.